The summed E-state index contributed by atoms with van der Waals surface area (Å²) in [4.78, 5) is 27.8. The van der Waals surface area contributed by atoms with Gasteiger partial charge in [0.05, 0.1) is 46.7 Å². The Kier molecular flexibility index (Phi) is 7.16. The van der Waals surface area contributed by atoms with Gasteiger partial charge in [0.15, 0.2) is 0 Å². The Morgan fingerprint density at radius 2 is 2.04 bits per heavy atom. The maximum atomic E-state index is 12.6. The summed E-state index contributed by atoms with van der Waals surface area (Å²) in [5.74, 6) is 1.16. The van der Waals surface area contributed by atoms with Gasteiger partial charge >= 0.3 is 0 Å². The molecule has 0 bridgehead atoms. The summed E-state index contributed by atoms with van der Waals surface area (Å²) in [7, 11) is 7.25. The number of carbonyl (C=O) groups excluding carboxylic acids is 2. The number of quaternary nitrogens is 1. The monoisotopic (exact) mass is 382 g/mol. The van der Waals surface area contributed by atoms with Crippen molar-refractivity contribution in [2.75, 3.05) is 47.9 Å². The van der Waals surface area contributed by atoms with Crippen LogP contribution in [0.5, 0.6) is 11.5 Å². The molecular weight excluding hydrogens is 354 g/mol. The molecule has 0 aromatic heterocycles. The van der Waals surface area contributed by atoms with Gasteiger partial charge < -0.3 is 24.6 Å². The van der Waals surface area contributed by atoms with E-state index in [1.165, 1.54) is 16.7 Å². The van der Waals surface area contributed by atoms with Crippen LogP contribution in [0.2, 0.25) is 0 Å². The third-order valence-electron chi connectivity index (χ3n) is 4.21. The average Bonchev–Trinajstić information content (AvgIpc) is 2.89. The molecule has 1 aromatic rings. The summed E-state index contributed by atoms with van der Waals surface area (Å²) in [6, 6.07) is 5.50. The molecule has 0 unspecified atom stereocenters. The molecule has 1 aliphatic rings. The Hall–Kier alpha value is -1.93. The van der Waals surface area contributed by atoms with Crippen LogP contribution in [0.3, 0.4) is 0 Å². The van der Waals surface area contributed by atoms with E-state index in [9.17, 15) is 9.59 Å². The fourth-order valence-corrected chi connectivity index (χ4v) is 4.07. The van der Waals surface area contributed by atoms with Crippen molar-refractivity contribution in [2.45, 2.75) is 17.5 Å². The SMILES string of the molecule is COc1ccc(OC)c([C@H]2S[C@H](C)C(=O)N2CC(=O)NCC[NH+](C)C)c1. The molecule has 0 aliphatic carbocycles. The van der Waals surface area contributed by atoms with Gasteiger partial charge in [-0.25, -0.2) is 0 Å². The normalized spacial score (nSPS) is 19.8. The minimum atomic E-state index is -0.284. The van der Waals surface area contributed by atoms with E-state index in [0.29, 0.717) is 18.0 Å². The molecule has 1 fully saturated rings. The van der Waals surface area contributed by atoms with Crippen LogP contribution < -0.4 is 19.7 Å². The van der Waals surface area contributed by atoms with Crippen LogP contribution in [0.4, 0.5) is 0 Å². The highest BCUT2D eigenvalue weighted by Crippen LogP contribution is 2.46. The van der Waals surface area contributed by atoms with Crippen molar-refractivity contribution in [1.29, 1.82) is 0 Å². The fourth-order valence-electron chi connectivity index (χ4n) is 2.77. The number of hydrogen-bond acceptors (Lipinski definition) is 5. The molecule has 0 spiro atoms. The van der Waals surface area contributed by atoms with Gasteiger partial charge in [-0.15, -0.1) is 11.8 Å². The zero-order chi connectivity index (χ0) is 19.3. The molecule has 2 N–H and O–H groups in total. The van der Waals surface area contributed by atoms with Crippen molar-refractivity contribution < 1.29 is 24.0 Å². The summed E-state index contributed by atoms with van der Waals surface area (Å²) >= 11 is 1.51. The number of rotatable bonds is 8. The molecule has 1 heterocycles. The highest BCUT2D eigenvalue weighted by atomic mass is 32.2. The smallest absolute Gasteiger partial charge is 0.239 e. The molecule has 1 aromatic carbocycles. The summed E-state index contributed by atoms with van der Waals surface area (Å²) in [6.07, 6.45) is 0. The van der Waals surface area contributed by atoms with Crippen LogP contribution in [-0.2, 0) is 9.59 Å². The quantitative estimate of drug-likeness (QED) is 0.658. The minimum Gasteiger partial charge on any atom is -0.497 e. The first-order valence-corrected chi connectivity index (χ1v) is 9.55. The van der Waals surface area contributed by atoms with Gasteiger partial charge in [-0.05, 0) is 25.1 Å². The number of hydrogen-bond donors (Lipinski definition) is 2. The Morgan fingerprint density at radius 3 is 2.65 bits per heavy atom. The molecule has 144 valence electrons. The van der Waals surface area contributed by atoms with E-state index in [1.807, 2.05) is 39.2 Å². The Morgan fingerprint density at radius 1 is 1.31 bits per heavy atom. The summed E-state index contributed by atoms with van der Waals surface area (Å²) < 4.78 is 10.8. The van der Waals surface area contributed by atoms with Crippen LogP contribution in [-0.4, -0.2) is 69.9 Å². The van der Waals surface area contributed by atoms with E-state index in [1.54, 1.807) is 19.1 Å². The van der Waals surface area contributed by atoms with Crippen LogP contribution in [0, 0.1) is 0 Å². The van der Waals surface area contributed by atoms with Gasteiger partial charge in [-0.3, -0.25) is 9.59 Å². The molecule has 2 rings (SSSR count). The van der Waals surface area contributed by atoms with Gasteiger partial charge in [0.2, 0.25) is 11.8 Å². The average molecular weight is 383 g/mol. The number of amides is 2. The predicted molar refractivity (Wildman–Crippen MR) is 102 cm³/mol. The third kappa shape index (κ3) is 4.82. The number of ether oxygens (including phenoxy) is 2. The second kappa shape index (κ2) is 9.14. The summed E-state index contributed by atoms with van der Waals surface area (Å²) in [5.41, 5.74) is 0.833. The first kappa shape index (κ1) is 20.4. The molecule has 7 nitrogen and oxygen atoms in total. The number of benzene rings is 1. The highest BCUT2D eigenvalue weighted by molar-refractivity contribution is 8.01. The lowest BCUT2D eigenvalue weighted by Crippen LogP contribution is -3.06. The molecule has 1 saturated heterocycles. The number of likely N-dealkylation sites (N-methyl/N-ethyl adjacent to an activating group) is 1. The van der Waals surface area contributed by atoms with Crippen molar-refractivity contribution >= 4 is 23.6 Å². The lowest BCUT2D eigenvalue weighted by Gasteiger charge is -2.25. The largest absolute Gasteiger partial charge is 0.497 e. The zero-order valence-electron chi connectivity index (χ0n) is 16.0. The van der Waals surface area contributed by atoms with Crippen molar-refractivity contribution in [3.05, 3.63) is 23.8 Å². The second-order valence-electron chi connectivity index (χ2n) is 6.51. The minimum absolute atomic E-state index is 0.0317. The molecule has 0 saturated carbocycles. The van der Waals surface area contributed by atoms with Crippen LogP contribution in [0.25, 0.3) is 0 Å². The molecule has 2 atom stereocenters. The van der Waals surface area contributed by atoms with Crippen molar-refractivity contribution in [2.24, 2.45) is 0 Å². The molecule has 0 radical (unpaired) electrons. The van der Waals surface area contributed by atoms with Gasteiger partial charge in [0, 0.05) is 5.56 Å². The van der Waals surface area contributed by atoms with Crippen molar-refractivity contribution in [3.8, 4) is 11.5 Å². The number of carbonyl (C=O) groups is 2. The van der Waals surface area contributed by atoms with Gasteiger partial charge in [0.25, 0.3) is 0 Å². The van der Waals surface area contributed by atoms with Gasteiger partial charge in [-0.1, -0.05) is 0 Å². The van der Waals surface area contributed by atoms with E-state index in [2.05, 4.69) is 5.32 Å². The molecule has 26 heavy (non-hydrogen) atoms. The van der Waals surface area contributed by atoms with Gasteiger partial charge in [0.1, 0.15) is 23.4 Å². The highest BCUT2D eigenvalue weighted by Gasteiger charge is 2.40. The maximum Gasteiger partial charge on any atom is 0.239 e. The number of thioether (sulfide) groups is 1. The van der Waals surface area contributed by atoms with Crippen LogP contribution in [0.1, 0.15) is 17.9 Å². The van der Waals surface area contributed by atoms with E-state index < -0.39 is 0 Å². The van der Waals surface area contributed by atoms with E-state index in [0.717, 1.165) is 12.1 Å². The van der Waals surface area contributed by atoms with Gasteiger partial charge in [-0.2, -0.15) is 0 Å². The Balaban J connectivity index is 2.19. The third-order valence-corrected chi connectivity index (χ3v) is 5.59. The molecule has 2 amide bonds. The molecule has 1 aliphatic heterocycles. The number of nitrogens with one attached hydrogen (secondary N) is 2. The molecular formula is C18H28N3O4S+. The van der Waals surface area contributed by atoms with E-state index in [-0.39, 0.29) is 29.0 Å². The lowest BCUT2D eigenvalue weighted by molar-refractivity contribution is -0.856. The zero-order valence-corrected chi connectivity index (χ0v) is 16.8. The van der Waals surface area contributed by atoms with Crippen molar-refractivity contribution in [3.63, 3.8) is 0 Å². The van der Waals surface area contributed by atoms with Crippen LogP contribution >= 0.6 is 11.8 Å². The summed E-state index contributed by atoms with van der Waals surface area (Å²) in [5, 5.41) is 2.38. The first-order chi connectivity index (χ1) is 12.4. The number of nitrogens with zero attached hydrogens (tertiary/aromatic N) is 1. The summed E-state index contributed by atoms with van der Waals surface area (Å²) in [6.45, 7) is 3.31. The molecule has 8 heteroatoms. The lowest BCUT2D eigenvalue weighted by atomic mass is 10.1. The van der Waals surface area contributed by atoms with E-state index in [4.69, 9.17) is 9.47 Å². The topological polar surface area (TPSA) is 72.3 Å². The first-order valence-electron chi connectivity index (χ1n) is 8.61. The Labute approximate surface area is 159 Å². The van der Waals surface area contributed by atoms with E-state index >= 15 is 0 Å². The standard InChI is InChI=1S/C18H27N3O4S/c1-12-17(23)21(11-16(22)19-8-9-20(2)3)18(26-12)14-10-13(24-4)6-7-15(14)25-5/h6-7,10,12,18H,8-9,11H2,1-5H3,(H,19,22)/p+1/t12-,18-/m1/s1. The predicted octanol–water partition coefficient (Wildman–Crippen LogP) is -0.0730. The maximum absolute atomic E-state index is 12.6. The Bertz CT molecular complexity index is 653. The van der Waals surface area contributed by atoms with Crippen molar-refractivity contribution in [1.82, 2.24) is 10.2 Å². The fraction of sp³-hybridized carbons (Fsp3) is 0.556. The number of methoxy groups -OCH3 is 2. The second-order valence-corrected chi connectivity index (χ2v) is 7.94. The van der Waals surface area contributed by atoms with Crippen LogP contribution in [0.15, 0.2) is 18.2 Å².